The zero-order valence-corrected chi connectivity index (χ0v) is 6.61. The number of hydrogen-bond donors (Lipinski definition) is 0. The smallest absolute Gasteiger partial charge is 0.289 e. The molecule has 68 valence electrons. The van der Waals surface area contributed by atoms with E-state index in [2.05, 4.69) is 4.84 Å². The Bertz CT molecular complexity index is 100. The summed E-state index contributed by atoms with van der Waals surface area (Å²) in [5.74, 6) is 0. The Morgan fingerprint density at radius 3 is 1.91 bits per heavy atom. The van der Waals surface area contributed by atoms with Crippen LogP contribution in [0.15, 0.2) is 0 Å². The predicted molar refractivity (Wildman–Crippen MR) is 34.9 cm³/mol. The van der Waals surface area contributed by atoms with E-state index in [9.17, 15) is 13.2 Å². The van der Waals surface area contributed by atoms with Crippen LogP contribution in [0.5, 0.6) is 0 Å². The SMILES string of the molecule is CCN(CC)OCC(F)(F)F. The van der Waals surface area contributed by atoms with E-state index in [1.165, 1.54) is 5.06 Å². The molecule has 11 heavy (non-hydrogen) atoms. The summed E-state index contributed by atoms with van der Waals surface area (Å²) in [6, 6.07) is 0. The Morgan fingerprint density at radius 2 is 1.64 bits per heavy atom. The maximum Gasteiger partial charge on any atom is 0.413 e. The molecular weight excluding hydrogens is 159 g/mol. The highest BCUT2D eigenvalue weighted by Gasteiger charge is 2.28. The average Bonchev–Trinajstić information content (AvgIpc) is 1.88. The summed E-state index contributed by atoms with van der Waals surface area (Å²) in [6.45, 7) is 3.20. The number of nitrogens with zero attached hydrogens (tertiary/aromatic N) is 1. The van der Waals surface area contributed by atoms with Crippen LogP contribution in [0.1, 0.15) is 13.8 Å². The van der Waals surface area contributed by atoms with Gasteiger partial charge in [-0.25, -0.2) is 0 Å². The zero-order chi connectivity index (χ0) is 8.91. The van der Waals surface area contributed by atoms with E-state index >= 15 is 0 Å². The van der Waals surface area contributed by atoms with Gasteiger partial charge in [-0.3, -0.25) is 4.84 Å². The van der Waals surface area contributed by atoms with Crippen LogP contribution in [0.25, 0.3) is 0 Å². The predicted octanol–water partition coefficient (Wildman–Crippen LogP) is 1.82. The second kappa shape index (κ2) is 4.56. The number of rotatable bonds is 4. The molecule has 0 spiro atoms. The van der Waals surface area contributed by atoms with Gasteiger partial charge in [0.25, 0.3) is 0 Å². The van der Waals surface area contributed by atoms with Gasteiger partial charge in [-0.05, 0) is 0 Å². The minimum absolute atomic E-state index is 0.465. The summed E-state index contributed by atoms with van der Waals surface area (Å²) < 4.78 is 34.6. The minimum Gasteiger partial charge on any atom is -0.289 e. The van der Waals surface area contributed by atoms with Gasteiger partial charge in [0.05, 0.1) is 0 Å². The van der Waals surface area contributed by atoms with E-state index in [1.54, 1.807) is 13.8 Å². The first-order valence-corrected chi connectivity index (χ1v) is 3.44. The van der Waals surface area contributed by atoms with Gasteiger partial charge < -0.3 is 0 Å². The molecule has 0 aliphatic heterocycles. The number of halogens is 3. The van der Waals surface area contributed by atoms with Crippen molar-refractivity contribution in [3.63, 3.8) is 0 Å². The van der Waals surface area contributed by atoms with Crippen molar-refractivity contribution in [2.24, 2.45) is 0 Å². The van der Waals surface area contributed by atoms with Crippen LogP contribution < -0.4 is 0 Å². The van der Waals surface area contributed by atoms with Gasteiger partial charge in [0.2, 0.25) is 0 Å². The van der Waals surface area contributed by atoms with E-state index in [0.29, 0.717) is 13.1 Å². The molecule has 0 heterocycles. The lowest BCUT2D eigenvalue weighted by Crippen LogP contribution is -2.29. The monoisotopic (exact) mass is 171 g/mol. The Labute approximate surface area is 63.9 Å². The molecule has 5 heteroatoms. The van der Waals surface area contributed by atoms with Gasteiger partial charge in [-0.1, -0.05) is 13.8 Å². The van der Waals surface area contributed by atoms with Crippen molar-refractivity contribution < 1.29 is 18.0 Å². The molecule has 0 rings (SSSR count). The van der Waals surface area contributed by atoms with Crippen molar-refractivity contribution in [2.75, 3.05) is 19.7 Å². The summed E-state index contributed by atoms with van der Waals surface area (Å²) in [7, 11) is 0. The van der Waals surface area contributed by atoms with E-state index in [1.807, 2.05) is 0 Å². The summed E-state index contributed by atoms with van der Waals surface area (Å²) in [4.78, 5) is 4.41. The van der Waals surface area contributed by atoms with Crippen molar-refractivity contribution in [2.45, 2.75) is 20.0 Å². The molecule has 0 fully saturated rings. The maximum atomic E-state index is 11.5. The van der Waals surface area contributed by atoms with Gasteiger partial charge in [0, 0.05) is 13.1 Å². The van der Waals surface area contributed by atoms with Crippen molar-refractivity contribution in [1.82, 2.24) is 5.06 Å². The summed E-state index contributed by atoms with van der Waals surface area (Å²) in [5, 5.41) is 1.26. The van der Waals surface area contributed by atoms with Crippen LogP contribution in [0.4, 0.5) is 13.2 Å². The quantitative estimate of drug-likeness (QED) is 0.598. The average molecular weight is 171 g/mol. The molecule has 0 aromatic carbocycles. The molecule has 0 saturated carbocycles. The second-order valence-electron chi connectivity index (χ2n) is 2.00. The van der Waals surface area contributed by atoms with Crippen LogP contribution in [-0.4, -0.2) is 30.9 Å². The maximum absolute atomic E-state index is 11.5. The van der Waals surface area contributed by atoms with Crippen molar-refractivity contribution in [3.8, 4) is 0 Å². The van der Waals surface area contributed by atoms with E-state index in [0.717, 1.165) is 0 Å². The van der Waals surface area contributed by atoms with Crippen molar-refractivity contribution in [3.05, 3.63) is 0 Å². The number of hydrogen-bond acceptors (Lipinski definition) is 2. The zero-order valence-electron chi connectivity index (χ0n) is 6.61. The van der Waals surface area contributed by atoms with Crippen molar-refractivity contribution >= 4 is 0 Å². The molecule has 0 unspecified atom stereocenters. The van der Waals surface area contributed by atoms with Gasteiger partial charge in [0.15, 0.2) is 6.61 Å². The van der Waals surface area contributed by atoms with Gasteiger partial charge in [0.1, 0.15) is 0 Å². The first-order chi connectivity index (χ1) is 4.99. The normalized spacial score (nSPS) is 12.5. The van der Waals surface area contributed by atoms with Crippen molar-refractivity contribution in [1.29, 1.82) is 0 Å². The molecule has 0 aromatic heterocycles. The molecule has 0 aliphatic carbocycles. The van der Waals surface area contributed by atoms with Gasteiger partial charge in [-0.15, -0.1) is 0 Å². The molecule has 2 nitrogen and oxygen atoms in total. The molecule has 0 aliphatic rings. The highest BCUT2D eigenvalue weighted by Crippen LogP contribution is 2.14. The first kappa shape index (κ1) is 10.7. The largest absolute Gasteiger partial charge is 0.413 e. The highest BCUT2D eigenvalue weighted by molar-refractivity contribution is 4.44. The van der Waals surface area contributed by atoms with E-state index in [4.69, 9.17) is 0 Å². The summed E-state index contributed by atoms with van der Waals surface area (Å²) in [6.07, 6.45) is -4.23. The molecule has 0 aromatic rings. The number of hydroxylamine groups is 2. The first-order valence-electron chi connectivity index (χ1n) is 3.44. The highest BCUT2D eigenvalue weighted by atomic mass is 19.4. The van der Waals surface area contributed by atoms with E-state index in [-0.39, 0.29) is 0 Å². The molecule has 0 radical (unpaired) electrons. The fourth-order valence-corrected chi connectivity index (χ4v) is 0.571. The molecular formula is C6H12F3NO. The minimum atomic E-state index is -4.23. The Balaban J connectivity index is 3.51. The van der Waals surface area contributed by atoms with Crippen LogP contribution in [0.3, 0.4) is 0 Å². The topological polar surface area (TPSA) is 12.5 Å². The van der Waals surface area contributed by atoms with Gasteiger partial charge >= 0.3 is 6.18 Å². The summed E-state index contributed by atoms with van der Waals surface area (Å²) in [5.41, 5.74) is 0. The molecule has 0 N–H and O–H groups in total. The Morgan fingerprint density at radius 1 is 1.18 bits per heavy atom. The number of alkyl halides is 3. The molecule has 0 bridgehead atoms. The lowest BCUT2D eigenvalue weighted by atomic mass is 10.6. The van der Waals surface area contributed by atoms with Crippen LogP contribution >= 0.6 is 0 Å². The van der Waals surface area contributed by atoms with Crippen LogP contribution in [0, 0.1) is 0 Å². The van der Waals surface area contributed by atoms with Gasteiger partial charge in [-0.2, -0.15) is 18.2 Å². The van der Waals surface area contributed by atoms with E-state index < -0.39 is 12.8 Å². The third kappa shape index (κ3) is 6.12. The van der Waals surface area contributed by atoms with Crippen LogP contribution in [-0.2, 0) is 4.84 Å². The molecule has 0 saturated heterocycles. The van der Waals surface area contributed by atoms with Crippen LogP contribution in [0.2, 0.25) is 0 Å². The Hall–Kier alpha value is -0.290. The fraction of sp³-hybridized carbons (Fsp3) is 1.00. The molecule has 0 atom stereocenters. The lowest BCUT2D eigenvalue weighted by molar-refractivity contribution is -0.249. The summed E-state index contributed by atoms with van der Waals surface area (Å²) >= 11 is 0. The third-order valence-electron chi connectivity index (χ3n) is 1.12. The standard InChI is InChI=1S/C6H12F3NO/c1-3-10(4-2)11-5-6(7,8)9/h3-5H2,1-2H3. The fourth-order valence-electron chi connectivity index (χ4n) is 0.571. The lowest BCUT2D eigenvalue weighted by Gasteiger charge is -2.18. The second-order valence-corrected chi connectivity index (χ2v) is 2.00. The third-order valence-corrected chi connectivity index (χ3v) is 1.12. The molecule has 0 amide bonds. The Kier molecular flexibility index (Phi) is 4.44.